The molecular weight excluding hydrogens is 371 g/mol. The summed E-state index contributed by atoms with van der Waals surface area (Å²) in [5, 5.41) is 6.49. The first kappa shape index (κ1) is 17.9. The van der Waals surface area contributed by atoms with Gasteiger partial charge < -0.3 is 11.1 Å². The smallest absolute Gasteiger partial charge is 0.394 e. The Bertz CT molecular complexity index is 922. The second-order valence-corrected chi connectivity index (χ2v) is 5.71. The van der Waals surface area contributed by atoms with Crippen LogP contribution < -0.4 is 11.1 Å². The molecule has 0 bridgehead atoms. The molecule has 0 radical (unpaired) electrons. The number of aryl methyl sites for hydroxylation is 1. The third-order valence-corrected chi connectivity index (χ3v) is 3.66. The van der Waals surface area contributed by atoms with Gasteiger partial charge in [-0.2, -0.15) is 18.2 Å². The quantitative estimate of drug-likeness (QED) is 0.672. The number of aromatic nitrogens is 5. The number of anilines is 2. The first-order valence-electron chi connectivity index (χ1n) is 7.33. The lowest BCUT2D eigenvalue weighted by molar-refractivity contribution is -0.144. The fraction of sp³-hybridized carbons (Fsp3) is 0.200. The van der Waals surface area contributed by atoms with Crippen molar-refractivity contribution in [3.63, 3.8) is 0 Å². The van der Waals surface area contributed by atoms with Gasteiger partial charge in [0.15, 0.2) is 11.6 Å². The molecule has 0 aliphatic heterocycles. The van der Waals surface area contributed by atoms with Crippen molar-refractivity contribution in [1.82, 2.24) is 24.7 Å². The summed E-state index contributed by atoms with van der Waals surface area (Å²) >= 11 is 5.72. The van der Waals surface area contributed by atoms with Crippen LogP contribution in [0.4, 0.5) is 24.7 Å². The summed E-state index contributed by atoms with van der Waals surface area (Å²) in [7, 11) is 1.41. The molecule has 0 aliphatic rings. The minimum Gasteiger partial charge on any atom is -0.394 e. The van der Waals surface area contributed by atoms with Crippen molar-refractivity contribution in [3.8, 4) is 11.4 Å². The van der Waals surface area contributed by atoms with Crippen molar-refractivity contribution < 1.29 is 13.2 Å². The van der Waals surface area contributed by atoms with E-state index in [9.17, 15) is 13.2 Å². The summed E-state index contributed by atoms with van der Waals surface area (Å²) < 4.78 is 39.2. The molecule has 0 aliphatic carbocycles. The Hall–Kier alpha value is -2.88. The molecule has 0 saturated carbocycles. The SMILES string of the molecule is Cn1nc(C(F)(F)F)nc1-c1ccc(CNc2nc(Cl)ncc2N)cc1. The highest BCUT2D eigenvalue weighted by Crippen LogP contribution is 2.28. The molecule has 136 valence electrons. The Morgan fingerprint density at radius 2 is 1.88 bits per heavy atom. The highest BCUT2D eigenvalue weighted by Gasteiger charge is 2.36. The van der Waals surface area contributed by atoms with Gasteiger partial charge in [0.05, 0.1) is 11.9 Å². The summed E-state index contributed by atoms with van der Waals surface area (Å²) in [6.07, 6.45) is -3.19. The maximum atomic E-state index is 12.7. The molecule has 0 saturated heterocycles. The van der Waals surface area contributed by atoms with Crippen LogP contribution in [0.15, 0.2) is 30.5 Å². The van der Waals surface area contributed by atoms with E-state index in [-0.39, 0.29) is 11.1 Å². The van der Waals surface area contributed by atoms with Crippen molar-refractivity contribution in [2.45, 2.75) is 12.7 Å². The summed E-state index contributed by atoms with van der Waals surface area (Å²) in [5.41, 5.74) is 7.48. The molecule has 11 heteroatoms. The van der Waals surface area contributed by atoms with Gasteiger partial charge >= 0.3 is 6.18 Å². The number of alkyl halides is 3. The molecule has 7 nitrogen and oxygen atoms in total. The molecule has 2 heterocycles. The lowest BCUT2D eigenvalue weighted by Gasteiger charge is -2.08. The van der Waals surface area contributed by atoms with Crippen LogP contribution in [0.2, 0.25) is 5.28 Å². The fourth-order valence-electron chi connectivity index (χ4n) is 2.22. The Morgan fingerprint density at radius 3 is 2.50 bits per heavy atom. The standard InChI is InChI=1S/C15H13ClF3N7/c1-26-12(24-13(25-26)15(17,18)19)9-4-2-8(3-5-9)6-21-11-10(20)7-22-14(16)23-11/h2-5,7H,6,20H2,1H3,(H,21,22,23). The average Bonchev–Trinajstić information content (AvgIpc) is 2.98. The normalized spacial score (nSPS) is 11.6. The summed E-state index contributed by atoms with van der Waals surface area (Å²) in [4.78, 5) is 11.3. The Morgan fingerprint density at radius 1 is 1.19 bits per heavy atom. The summed E-state index contributed by atoms with van der Waals surface area (Å²) in [6, 6.07) is 6.83. The van der Waals surface area contributed by atoms with Crippen molar-refractivity contribution >= 4 is 23.1 Å². The number of nitrogens with one attached hydrogen (secondary N) is 1. The number of rotatable bonds is 4. The van der Waals surface area contributed by atoms with Crippen LogP contribution in [0.25, 0.3) is 11.4 Å². The number of halogens is 4. The van der Waals surface area contributed by atoms with Crippen LogP contribution >= 0.6 is 11.6 Å². The van der Waals surface area contributed by atoms with Crippen molar-refractivity contribution in [2.24, 2.45) is 7.05 Å². The third kappa shape index (κ3) is 3.85. The lowest BCUT2D eigenvalue weighted by atomic mass is 10.1. The number of hydrogen-bond acceptors (Lipinski definition) is 6. The number of nitrogen functional groups attached to an aromatic ring is 1. The van der Waals surface area contributed by atoms with Crippen molar-refractivity contribution in [2.75, 3.05) is 11.1 Å². The molecule has 2 aromatic heterocycles. The van der Waals surface area contributed by atoms with E-state index in [1.165, 1.54) is 13.2 Å². The molecular formula is C15H13ClF3N7. The van der Waals surface area contributed by atoms with Gasteiger partial charge in [-0.3, -0.25) is 0 Å². The molecule has 0 atom stereocenters. The van der Waals surface area contributed by atoms with Crippen LogP contribution in [0.5, 0.6) is 0 Å². The zero-order chi connectivity index (χ0) is 18.9. The van der Waals surface area contributed by atoms with Crippen molar-refractivity contribution in [1.29, 1.82) is 0 Å². The summed E-state index contributed by atoms with van der Waals surface area (Å²) in [5.74, 6) is -0.641. The average molecular weight is 384 g/mol. The molecule has 0 spiro atoms. The molecule has 0 fully saturated rings. The van der Waals surface area contributed by atoms with E-state index in [0.29, 0.717) is 23.6 Å². The predicted octanol–water partition coefficient (Wildman–Crippen LogP) is 3.14. The molecule has 0 amide bonds. The van der Waals surface area contributed by atoms with Gasteiger partial charge in [-0.25, -0.2) is 14.6 Å². The Kier molecular flexibility index (Phi) is 4.68. The number of nitrogens with zero attached hydrogens (tertiary/aromatic N) is 5. The van der Waals surface area contributed by atoms with Gasteiger partial charge in [0, 0.05) is 19.2 Å². The topological polar surface area (TPSA) is 94.5 Å². The van der Waals surface area contributed by atoms with Gasteiger partial charge in [0.25, 0.3) is 5.82 Å². The van der Waals surface area contributed by atoms with Crippen LogP contribution in [0, 0.1) is 0 Å². The molecule has 26 heavy (non-hydrogen) atoms. The minimum atomic E-state index is -4.58. The van der Waals surface area contributed by atoms with Gasteiger partial charge in [0.1, 0.15) is 0 Å². The van der Waals surface area contributed by atoms with Gasteiger partial charge in [-0.1, -0.05) is 24.3 Å². The lowest BCUT2D eigenvalue weighted by Crippen LogP contribution is -2.08. The highest BCUT2D eigenvalue weighted by atomic mass is 35.5. The van der Waals surface area contributed by atoms with Crippen LogP contribution in [-0.4, -0.2) is 24.7 Å². The molecule has 0 unspecified atom stereocenters. The maximum absolute atomic E-state index is 12.7. The van der Waals surface area contributed by atoms with Gasteiger partial charge in [-0.15, -0.1) is 5.10 Å². The van der Waals surface area contributed by atoms with E-state index < -0.39 is 12.0 Å². The van der Waals surface area contributed by atoms with E-state index in [2.05, 4.69) is 25.4 Å². The van der Waals surface area contributed by atoms with Crippen LogP contribution in [-0.2, 0) is 19.8 Å². The minimum absolute atomic E-state index is 0.0693. The second kappa shape index (κ2) is 6.79. The van der Waals surface area contributed by atoms with E-state index in [1.54, 1.807) is 24.3 Å². The molecule has 3 rings (SSSR count). The van der Waals surface area contributed by atoms with Crippen molar-refractivity contribution in [3.05, 3.63) is 47.1 Å². The molecule has 1 aromatic carbocycles. The molecule has 3 N–H and O–H groups in total. The zero-order valence-corrected chi connectivity index (χ0v) is 14.2. The second-order valence-electron chi connectivity index (χ2n) is 5.37. The van der Waals surface area contributed by atoms with Crippen LogP contribution in [0.1, 0.15) is 11.4 Å². The van der Waals surface area contributed by atoms with E-state index in [1.807, 2.05) is 0 Å². The monoisotopic (exact) mass is 383 g/mol. The summed E-state index contributed by atoms with van der Waals surface area (Å²) in [6.45, 7) is 0.393. The highest BCUT2D eigenvalue weighted by molar-refractivity contribution is 6.28. The van der Waals surface area contributed by atoms with Gasteiger partial charge in [-0.05, 0) is 17.2 Å². The van der Waals surface area contributed by atoms with E-state index in [0.717, 1.165) is 10.2 Å². The fourth-order valence-corrected chi connectivity index (χ4v) is 2.36. The van der Waals surface area contributed by atoms with Crippen LogP contribution in [0.3, 0.4) is 0 Å². The maximum Gasteiger partial charge on any atom is 0.453 e. The molecule has 3 aromatic rings. The van der Waals surface area contributed by atoms with E-state index >= 15 is 0 Å². The van der Waals surface area contributed by atoms with E-state index in [4.69, 9.17) is 17.3 Å². The first-order valence-corrected chi connectivity index (χ1v) is 7.71. The number of hydrogen-bond donors (Lipinski definition) is 2. The van der Waals surface area contributed by atoms with Gasteiger partial charge in [0.2, 0.25) is 5.28 Å². The third-order valence-electron chi connectivity index (χ3n) is 3.48. The first-order chi connectivity index (χ1) is 12.2. The largest absolute Gasteiger partial charge is 0.453 e. The Labute approximate surface area is 151 Å². The Balaban J connectivity index is 1.75. The predicted molar refractivity (Wildman–Crippen MR) is 90.2 cm³/mol. The zero-order valence-electron chi connectivity index (χ0n) is 13.4. The number of nitrogens with two attached hydrogens (primary N) is 1. The number of benzene rings is 1.